The number of tetrazole rings is 1. The maximum atomic E-state index is 13.4. The van der Waals surface area contributed by atoms with Gasteiger partial charge < -0.3 is 0 Å². The lowest BCUT2D eigenvalue weighted by molar-refractivity contribution is 0.525. The Morgan fingerprint density at radius 2 is 1.53 bits per heavy atom. The summed E-state index contributed by atoms with van der Waals surface area (Å²) >= 11 is 0. The van der Waals surface area contributed by atoms with Crippen LogP contribution in [0.4, 0.5) is 0 Å². The molecule has 7 heteroatoms. The summed E-state index contributed by atoms with van der Waals surface area (Å²) < 4.78 is 3.76. The molecule has 5 rings (SSSR count). The van der Waals surface area contributed by atoms with Crippen LogP contribution in [0.5, 0.6) is 0 Å². The third-order valence-electron chi connectivity index (χ3n) is 6.42. The Labute approximate surface area is 210 Å². The molecule has 0 aliphatic rings. The zero-order chi connectivity index (χ0) is 25.1. The molecule has 36 heavy (non-hydrogen) atoms. The number of nitrogens with zero attached hydrogens (tertiary/aromatic N) is 5. The van der Waals surface area contributed by atoms with Crippen LogP contribution in [0.25, 0.3) is 22.5 Å². The van der Waals surface area contributed by atoms with E-state index in [1.807, 2.05) is 51.7 Å². The molecule has 0 unspecified atom stereocenters. The van der Waals surface area contributed by atoms with Crippen LogP contribution in [0, 0.1) is 0 Å². The van der Waals surface area contributed by atoms with Crippen LogP contribution in [0.3, 0.4) is 0 Å². The Bertz CT molecular complexity index is 1490. The van der Waals surface area contributed by atoms with Crippen LogP contribution in [0.1, 0.15) is 37.6 Å². The number of rotatable bonds is 7. The minimum absolute atomic E-state index is 0.0300. The zero-order valence-corrected chi connectivity index (χ0v) is 20.8. The highest BCUT2D eigenvalue weighted by molar-refractivity contribution is 5.80. The molecule has 0 saturated heterocycles. The van der Waals surface area contributed by atoms with Gasteiger partial charge in [-0.3, -0.25) is 9.13 Å². The molecule has 0 aliphatic carbocycles. The average molecular weight is 479 g/mol. The molecule has 0 radical (unpaired) electrons. The minimum atomic E-state index is -0.152. The van der Waals surface area contributed by atoms with E-state index < -0.39 is 0 Å². The molecule has 2 aromatic heterocycles. The van der Waals surface area contributed by atoms with Crippen LogP contribution in [-0.2, 0) is 24.9 Å². The number of aromatic amines is 1. The van der Waals surface area contributed by atoms with Gasteiger partial charge in [0.25, 0.3) is 0 Å². The Kier molecular flexibility index (Phi) is 6.38. The molecule has 0 spiro atoms. The van der Waals surface area contributed by atoms with Crippen molar-refractivity contribution in [1.29, 1.82) is 0 Å². The van der Waals surface area contributed by atoms with E-state index in [1.54, 1.807) is 0 Å². The normalized spacial score (nSPS) is 11.6. The van der Waals surface area contributed by atoms with Gasteiger partial charge in [-0.2, -0.15) is 5.21 Å². The largest absolute Gasteiger partial charge is 0.328 e. The quantitative estimate of drug-likeness (QED) is 0.353. The van der Waals surface area contributed by atoms with Gasteiger partial charge in [0.1, 0.15) is 0 Å². The fourth-order valence-corrected chi connectivity index (χ4v) is 4.51. The topological polar surface area (TPSA) is 81.4 Å². The lowest BCUT2D eigenvalue weighted by Gasteiger charge is -2.20. The Morgan fingerprint density at radius 3 is 2.19 bits per heavy atom. The smallest absolute Gasteiger partial charge is 0.299 e. The first kappa shape index (κ1) is 23.5. The van der Waals surface area contributed by atoms with Gasteiger partial charge >= 0.3 is 5.69 Å². The molecule has 0 bridgehead atoms. The maximum Gasteiger partial charge on any atom is 0.328 e. The molecule has 0 saturated carbocycles. The summed E-state index contributed by atoms with van der Waals surface area (Å²) in [6, 6.07) is 26.6. The third kappa shape index (κ3) is 4.91. The molecule has 0 atom stereocenters. The Morgan fingerprint density at radius 1 is 0.833 bits per heavy atom. The Balaban J connectivity index is 1.42. The van der Waals surface area contributed by atoms with Crippen molar-refractivity contribution in [2.75, 3.05) is 0 Å². The van der Waals surface area contributed by atoms with Crippen molar-refractivity contribution >= 4 is 0 Å². The summed E-state index contributed by atoms with van der Waals surface area (Å²) in [5.74, 6) is 0.563. The summed E-state index contributed by atoms with van der Waals surface area (Å²) in [5.41, 5.74) is 6.22. The molecular weight excluding hydrogens is 448 g/mol. The van der Waals surface area contributed by atoms with E-state index >= 15 is 0 Å². The lowest BCUT2D eigenvalue weighted by atomic mass is 9.92. The summed E-state index contributed by atoms with van der Waals surface area (Å²) in [5, 5.41) is 14.5. The van der Waals surface area contributed by atoms with Gasteiger partial charge in [-0.15, -0.1) is 10.2 Å². The van der Waals surface area contributed by atoms with E-state index in [4.69, 9.17) is 0 Å². The van der Waals surface area contributed by atoms with Crippen molar-refractivity contribution in [2.45, 2.75) is 45.7 Å². The van der Waals surface area contributed by atoms with Crippen molar-refractivity contribution in [3.63, 3.8) is 0 Å². The number of aromatic nitrogens is 6. The van der Waals surface area contributed by atoms with Crippen molar-refractivity contribution < 1.29 is 0 Å². The number of nitrogens with one attached hydrogen (secondary N) is 1. The van der Waals surface area contributed by atoms with E-state index in [1.165, 1.54) is 5.56 Å². The number of hydrogen-bond donors (Lipinski definition) is 1. The molecular formula is C29H30N6O. The molecule has 2 heterocycles. The molecule has 3 aromatic carbocycles. The van der Waals surface area contributed by atoms with Gasteiger partial charge in [-0.1, -0.05) is 99.6 Å². The van der Waals surface area contributed by atoms with Gasteiger partial charge in [0, 0.05) is 29.4 Å². The van der Waals surface area contributed by atoms with Gasteiger partial charge in [-0.25, -0.2) is 4.79 Å². The fraction of sp³-hybridized carbons (Fsp3) is 0.241. The van der Waals surface area contributed by atoms with E-state index in [0.29, 0.717) is 18.9 Å². The van der Waals surface area contributed by atoms with Crippen LogP contribution in [0.2, 0.25) is 0 Å². The minimum Gasteiger partial charge on any atom is -0.299 e. The van der Waals surface area contributed by atoms with Crippen LogP contribution < -0.4 is 5.69 Å². The molecule has 7 nitrogen and oxygen atoms in total. The van der Waals surface area contributed by atoms with Crippen molar-refractivity contribution in [3.8, 4) is 22.5 Å². The molecule has 0 aliphatic heterocycles. The zero-order valence-electron chi connectivity index (χ0n) is 20.8. The Hall–Kier alpha value is -4.26. The molecule has 0 amide bonds. The third-order valence-corrected chi connectivity index (χ3v) is 6.42. The fourth-order valence-electron chi connectivity index (χ4n) is 4.51. The highest BCUT2D eigenvalue weighted by atomic mass is 16.1. The van der Waals surface area contributed by atoms with E-state index in [2.05, 4.69) is 83.9 Å². The molecule has 0 fully saturated rings. The van der Waals surface area contributed by atoms with Gasteiger partial charge in [0.15, 0.2) is 0 Å². The SMILES string of the molecule is CC(C)(C)c1cn(CCc2ccccc2)c(=O)n1Cc1ccc(-c2ccccc2-c2nn[nH]n2)cc1. The van der Waals surface area contributed by atoms with E-state index in [9.17, 15) is 4.79 Å². The predicted molar refractivity (Wildman–Crippen MR) is 142 cm³/mol. The van der Waals surface area contributed by atoms with Crippen LogP contribution >= 0.6 is 0 Å². The van der Waals surface area contributed by atoms with Gasteiger partial charge in [0.05, 0.1) is 6.54 Å². The number of imidazole rings is 1. The van der Waals surface area contributed by atoms with E-state index in [0.717, 1.165) is 34.4 Å². The average Bonchev–Trinajstić information content (AvgIpc) is 3.53. The molecule has 5 aromatic rings. The predicted octanol–water partition coefficient (Wildman–Crippen LogP) is 5.09. The van der Waals surface area contributed by atoms with Crippen molar-refractivity contribution in [3.05, 3.63) is 112 Å². The second-order valence-corrected chi connectivity index (χ2v) is 10.0. The number of hydrogen-bond acceptors (Lipinski definition) is 4. The van der Waals surface area contributed by atoms with E-state index in [-0.39, 0.29) is 11.1 Å². The summed E-state index contributed by atoms with van der Waals surface area (Å²) in [7, 11) is 0. The standard InChI is InChI=1S/C29H30N6O/c1-29(2,3)26-20-34(18-17-21-9-5-4-6-10-21)28(36)35(26)19-22-13-15-23(16-14-22)24-11-7-8-12-25(24)27-30-32-33-31-27/h4-16,20H,17-19H2,1-3H3,(H,30,31,32,33). The number of H-pyrrole nitrogens is 1. The second kappa shape index (κ2) is 9.77. The van der Waals surface area contributed by atoms with Crippen molar-refractivity contribution in [2.24, 2.45) is 0 Å². The molecule has 182 valence electrons. The van der Waals surface area contributed by atoms with Crippen LogP contribution in [-0.4, -0.2) is 29.8 Å². The summed E-state index contributed by atoms with van der Waals surface area (Å²) in [6.45, 7) is 7.63. The molecule has 1 N–H and O–H groups in total. The first-order chi connectivity index (χ1) is 17.4. The highest BCUT2D eigenvalue weighted by Crippen LogP contribution is 2.30. The van der Waals surface area contributed by atoms with Gasteiger partial charge in [0.2, 0.25) is 5.82 Å². The maximum absolute atomic E-state index is 13.4. The summed E-state index contributed by atoms with van der Waals surface area (Å²) in [4.78, 5) is 13.4. The first-order valence-corrected chi connectivity index (χ1v) is 12.2. The number of aryl methyl sites for hydroxylation is 2. The first-order valence-electron chi connectivity index (χ1n) is 12.2. The second-order valence-electron chi connectivity index (χ2n) is 10.0. The van der Waals surface area contributed by atoms with Gasteiger partial charge in [-0.05, 0) is 33.9 Å². The van der Waals surface area contributed by atoms with Crippen molar-refractivity contribution in [1.82, 2.24) is 29.8 Å². The number of benzene rings is 3. The highest BCUT2D eigenvalue weighted by Gasteiger charge is 2.23. The van der Waals surface area contributed by atoms with Crippen LogP contribution in [0.15, 0.2) is 89.9 Å². The monoisotopic (exact) mass is 478 g/mol. The summed E-state index contributed by atoms with van der Waals surface area (Å²) in [6.07, 6.45) is 2.85. The lowest BCUT2D eigenvalue weighted by Crippen LogP contribution is -2.28.